The van der Waals surface area contributed by atoms with Crippen LogP contribution in [-0.2, 0) is 6.54 Å². The van der Waals surface area contributed by atoms with Crippen molar-refractivity contribution in [1.29, 1.82) is 0 Å². The van der Waals surface area contributed by atoms with Gasteiger partial charge in [0.15, 0.2) is 0 Å². The van der Waals surface area contributed by atoms with E-state index in [2.05, 4.69) is 43.2 Å². The number of hydrogen-bond donors (Lipinski definition) is 1. The van der Waals surface area contributed by atoms with Gasteiger partial charge in [-0.1, -0.05) is 17.2 Å². The summed E-state index contributed by atoms with van der Waals surface area (Å²) in [7, 11) is 0. The number of amides is 1. The lowest BCUT2D eigenvalue weighted by Gasteiger charge is -2.07. The molecule has 4 heteroatoms. The molecule has 1 amide bonds. The summed E-state index contributed by atoms with van der Waals surface area (Å²) in [5.74, 6) is 0.655. The molecule has 2 aromatic rings. The van der Waals surface area contributed by atoms with Crippen molar-refractivity contribution in [3.63, 3.8) is 0 Å². The van der Waals surface area contributed by atoms with Gasteiger partial charge in [-0.2, -0.15) is 0 Å². The predicted molar refractivity (Wildman–Crippen MR) is 110 cm³/mol. The van der Waals surface area contributed by atoms with Crippen molar-refractivity contribution in [2.75, 3.05) is 6.61 Å². The van der Waals surface area contributed by atoms with Crippen molar-refractivity contribution >= 4 is 5.91 Å². The molecule has 0 fully saturated rings. The van der Waals surface area contributed by atoms with E-state index in [1.165, 1.54) is 11.1 Å². The van der Waals surface area contributed by atoms with Gasteiger partial charge in [0.2, 0.25) is 0 Å². The number of ether oxygens (including phenoxy) is 1. The molecule has 0 spiro atoms. The highest BCUT2D eigenvalue weighted by Crippen LogP contribution is 2.13. The van der Waals surface area contributed by atoms with E-state index in [0.29, 0.717) is 18.7 Å². The maximum absolute atomic E-state index is 12.2. The van der Waals surface area contributed by atoms with Crippen LogP contribution in [0.4, 0.5) is 0 Å². The van der Waals surface area contributed by atoms with Crippen molar-refractivity contribution < 1.29 is 9.53 Å². The molecule has 1 aromatic carbocycles. The second-order valence-corrected chi connectivity index (χ2v) is 6.74. The highest BCUT2D eigenvalue weighted by Gasteiger charge is 2.05. The van der Waals surface area contributed by atoms with Crippen LogP contribution in [0.1, 0.15) is 49.5 Å². The third kappa shape index (κ3) is 7.90. The standard InChI is InChI=1S/C23H28N2O2/c1-18(2)5-4-6-19(3)13-16-27-22-9-7-21(8-10-22)23(26)25-17-20-11-14-24-15-12-20/h5,7-15H,4,6,16-17H2,1-3H3,(H,25,26)/b19-13+. The fourth-order valence-corrected chi connectivity index (χ4v) is 2.46. The van der Waals surface area contributed by atoms with Gasteiger partial charge in [0.05, 0.1) is 0 Å². The van der Waals surface area contributed by atoms with Gasteiger partial charge in [0, 0.05) is 24.5 Å². The van der Waals surface area contributed by atoms with Crippen molar-refractivity contribution in [2.24, 2.45) is 0 Å². The molecule has 2 rings (SSSR count). The van der Waals surface area contributed by atoms with Crippen molar-refractivity contribution in [1.82, 2.24) is 10.3 Å². The molecule has 0 unspecified atom stereocenters. The fourth-order valence-electron chi connectivity index (χ4n) is 2.46. The van der Waals surface area contributed by atoms with E-state index in [4.69, 9.17) is 4.74 Å². The summed E-state index contributed by atoms with van der Waals surface area (Å²) in [5, 5.41) is 2.90. The van der Waals surface area contributed by atoms with E-state index >= 15 is 0 Å². The number of nitrogens with zero attached hydrogens (tertiary/aromatic N) is 1. The zero-order valence-corrected chi connectivity index (χ0v) is 16.4. The third-order valence-corrected chi connectivity index (χ3v) is 4.09. The van der Waals surface area contributed by atoms with E-state index in [0.717, 1.165) is 24.2 Å². The number of carbonyl (C=O) groups is 1. The van der Waals surface area contributed by atoms with Gasteiger partial charge in [-0.05, 0) is 81.7 Å². The number of allylic oxidation sites excluding steroid dienone is 3. The molecule has 4 nitrogen and oxygen atoms in total. The van der Waals surface area contributed by atoms with Crippen LogP contribution >= 0.6 is 0 Å². The molecule has 0 bridgehead atoms. The van der Waals surface area contributed by atoms with Gasteiger partial charge in [-0.25, -0.2) is 0 Å². The van der Waals surface area contributed by atoms with Crippen LogP contribution in [0.15, 0.2) is 72.1 Å². The smallest absolute Gasteiger partial charge is 0.251 e. The quantitative estimate of drug-likeness (QED) is 0.631. The molecule has 0 aliphatic rings. The molecule has 1 N–H and O–H groups in total. The molecule has 142 valence electrons. The molecular weight excluding hydrogens is 336 g/mol. The summed E-state index contributed by atoms with van der Waals surface area (Å²) in [4.78, 5) is 16.2. The average molecular weight is 364 g/mol. The number of aromatic nitrogens is 1. The molecule has 1 heterocycles. The monoisotopic (exact) mass is 364 g/mol. The maximum atomic E-state index is 12.2. The molecule has 0 aliphatic carbocycles. The summed E-state index contributed by atoms with van der Waals surface area (Å²) >= 11 is 0. The van der Waals surface area contributed by atoms with Crippen LogP contribution < -0.4 is 10.1 Å². The number of hydrogen-bond acceptors (Lipinski definition) is 3. The second kappa shape index (κ2) is 11.0. The second-order valence-electron chi connectivity index (χ2n) is 6.74. The Kier molecular flexibility index (Phi) is 8.30. The van der Waals surface area contributed by atoms with Crippen LogP contribution in [0, 0.1) is 0 Å². The lowest BCUT2D eigenvalue weighted by Crippen LogP contribution is -2.22. The van der Waals surface area contributed by atoms with E-state index < -0.39 is 0 Å². The van der Waals surface area contributed by atoms with Crippen LogP contribution in [0.25, 0.3) is 0 Å². The maximum Gasteiger partial charge on any atom is 0.251 e. The minimum atomic E-state index is -0.103. The molecule has 1 aromatic heterocycles. The topological polar surface area (TPSA) is 51.2 Å². The first kappa shape index (κ1) is 20.4. The molecule has 0 radical (unpaired) electrons. The molecule has 0 aliphatic heterocycles. The van der Waals surface area contributed by atoms with E-state index in [1.807, 2.05) is 24.3 Å². The highest BCUT2D eigenvalue weighted by atomic mass is 16.5. The Morgan fingerprint density at radius 2 is 1.74 bits per heavy atom. The molecule has 27 heavy (non-hydrogen) atoms. The minimum absolute atomic E-state index is 0.103. The Morgan fingerprint density at radius 3 is 2.41 bits per heavy atom. The largest absolute Gasteiger partial charge is 0.490 e. The average Bonchev–Trinajstić information content (AvgIpc) is 2.67. The number of pyridine rings is 1. The number of carbonyl (C=O) groups excluding carboxylic acids is 1. The normalized spacial score (nSPS) is 11.0. The van der Waals surface area contributed by atoms with E-state index in [1.54, 1.807) is 24.5 Å². The van der Waals surface area contributed by atoms with Crippen molar-refractivity contribution in [3.8, 4) is 5.75 Å². The number of nitrogens with one attached hydrogen (secondary N) is 1. The fraction of sp³-hybridized carbons (Fsp3) is 0.304. The predicted octanol–water partition coefficient (Wildman–Crippen LogP) is 5.08. The van der Waals surface area contributed by atoms with Gasteiger partial charge in [-0.15, -0.1) is 0 Å². The Balaban J connectivity index is 1.77. The lowest BCUT2D eigenvalue weighted by atomic mass is 10.1. The Bertz CT molecular complexity index is 774. The summed E-state index contributed by atoms with van der Waals surface area (Å²) in [5.41, 5.74) is 4.30. The van der Waals surface area contributed by atoms with E-state index in [9.17, 15) is 4.79 Å². The Hall–Kier alpha value is -2.88. The van der Waals surface area contributed by atoms with Crippen molar-refractivity contribution in [2.45, 2.75) is 40.2 Å². The molecule has 0 atom stereocenters. The SMILES string of the molecule is CC(C)=CCC/C(C)=C/COc1ccc(C(=O)NCc2ccncc2)cc1. The highest BCUT2D eigenvalue weighted by molar-refractivity contribution is 5.94. The summed E-state index contributed by atoms with van der Waals surface area (Å²) < 4.78 is 5.74. The first-order chi connectivity index (χ1) is 13.0. The summed E-state index contributed by atoms with van der Waals surface area (Å²) in [6.07, 6.45) is 9.89. The van der Waals surface area contributed by atoms with Gasteiger partial charge < -0.3 is 10.1 Å². The van der Waals surface area contributed by atoms with Gasteiger partial charge in [0.1, 0.15) is 12.4 Å². The van der Waals surface area contributed by atoms with Gasteiger partial charge in [-0.3, -0.25) is 9.78 Å². The summed E-state index contributed by atoms with van der Waals surface area (Å²) in [6, 6.07) is 11.0. The van der Waals surface area contributed by atoms with Crippen LogP contribution in [0.3, 0.4) is 0 Å². The first-order valence-corrected chi connectivity index (χ1v) is 9.23. The van der Waals surface area contributed by atoms with Gasteiger partial charge in [0.25, 0.3) is 5.91 Å². The minimum Gasteiger partial charge on any atom is -0.490 e. The first-order valence-electron chi connectivity index (χ1n) is 9.23. The number of benzene rings is 1. The lowest BCUT2D eigenvalue weighted by molar-refractivity contribution is 0.0951. The molecule has 0 saturated carbocycles. The third-order valence-electron chi connectivity index (χ3n) is 4.09. The van der Waals surface area contributed by atoms with Gasteiger partial charge >= 0.3 is 0 Å². The zero-order valence-electron chi connectivity index (χ0n) is 16.4. The van der Waals surface area contributed by atoms with Crippen LogP contribution in [0.2, 0.25) is 0 Å². The van der Waals surface area contributed by atoms with Crippen molar-refractivity contribution in [3.05, 3.63) is 83.2 Å². The van der Waals surface area contributed by atoms with Crippen LogP contribution in [-0.4, -0.2) is 17.5 Å². The zero-order chi connectivity index (χ0) is 19.5. The summed E-state index contributed by atoms with van der Waals surface area (Å²) in [6.45, 7) is 7.37. The van der Waals surface area contributed by atoms with E-state index in [-0.39, 0.29) is 5.91 Å². The Morgan fingerprint density at radius 1 is 1.04 bits per heavy atom. The van der Waals surface area contributed by atoms with Crippen LogP contribution in [0.5, 0.6) is 5.75 Å². The molecule has 0 saturated heterocycles. The molecular formula is C23H28N2O2. The Labute approximate surface area is 162 Å². The number of rotatable bonds is 9.